The molecule has 0 aliphatic carbocycles. The van der Waals surface area contributed by atoms with Crippen molar-refractivity contribution in [1.29, 1.82) is 0 Å². The average Bonchev–Trinajstić information content (AvgIpc) is 3.06. The molecule has 1 N–H and O–H groups in total. The number of hydrogen-bond donors (Lipinski definition) is 1. The summed E-state index contributed by atoms with van der Waals surface area (Å²) < 4.78 is 6.93. The van der Waals surface area contributed by atoms with Gasteiger partial charge in [0.1, 0.15) is 5.75 Å². The molecule has 2 aromatic carbocycles. The van der Waals surface area contributed by atoms with E-state index in [1.165, 1.54) is 0 Å². The molecule has 2 heterocycles. The second-order valence-electron chi connectivity index (χ2n) is 5.22. The molecule has 4 rings (SSSR count). The monoisotopic (exact) mass is 306 g/mol. The van der Waals surface area contributed by atoms with E-state index in [2.05, 4.69) is 25.8 Å². The summed E-state index contributed by atoms with van der Waals surface area (Å²) in [6, 6.07) is 13.6. The fraction of sp³-hybridized carbons (Fsp3) is 0.125. The SMILES string of the molecule is COc1cccc(Nc2nc3ccc(C)cc3n3nnnc23)c1. The first kappa shape index (κ1) is 13.4. The number of tetrazole rings is 1. The van der Waals surface area contributed by atoms with Crippen molar-refractivity contribution in [2.24, 2.45) is 0 Å². The third-order valence-electron chi connectivity index (χ3n) is 3.61. The number of ether oxygens (including phenoxy) is 1. The number of anilines is 2. The topological polar surface area (TPSA) is 77.2 Å². The number of rotatable bonds is 3. The lowest BCUT2D eigenvalue weighted by Crippen LogP contribution is -2.01. The van der Waals surface area contributed by atoms with Crippen LogP contribution < -0.4 is 10.1 Å². The Labute approximate surface area is 131 Å². The van der Waals surface area contributed by atoms with Crippen LogP contribution in [0.5, 0.6) is 5.75 Å². The molecule has 23 heavy (non-hydrogen) atoms. The molecule has 0 aliphatic rings. The maximum Gasteiger partial charge on any atom is 0.222 e. The van der Waals surface area contributed by atoms with E-state index in [1.807, 2.05) is 49.4 Å². The van der Waals surface area contributed by atoms with E-state index in [0.29, 0.717) is 11.5 Å². The normalized spacial score (nSPS) is 11.0. The highest BCUT2D eigenvalue weighted by Crippen LogP contribution is 2.25. The van der Waals surface area contributed by atoms with E-state index in [4.69, 9.17) is 4.74 Å². The molecule has 0 atom stereocenters. The van der Waals surface area contributed by atoms with Crippen LogP contribution in [0.15, 0.2) is 42.5 Å². The highest BCUT2D eigenvalue weighted by Gasteiger charge is 2.12. The van der Waals surface area contributed by atoms with Crippen molar-refractivity contribution in [2.75, 3.05) is 12.4 Å². The number of hydrogen-bond acceptors (Lipinski definition) is 6. The quantitative estimate of drug-likeness (QED) is 0.627. The van der Waals surface area contributed by atoms with Gasteiger partial charge in [-0.25, -0.2) is 4.98 Å². The van der Waals surface area contributed by atoms with E-state index < -0.39 is 0 Å². The van der Waals surface area contributed by atoms with Gasteiger partial charge < -0.3 is 10.1 Å². The van der Waals surface area contributed by atoms with Crippen LogP contribution in [-0.2, 0) is 0 Å². The zero-order valence-electron chi connectivity index (χ0n) is 12.7. The van der Waals surface area contributed by atoms with Gasteiger partial charge in [0.05, 0.1) is 18.1 Å². The Morgan fingerprint density at radius 1 is 1.13 bits per heavy atom. The Morgan fingerprint density at radius 2 is 2.04 bits per heavy atom. The van der Waals surface area contributed by atoms with Crippen molar-refractivity contribution in [1.82, 2.24) is 25.0 Å². The standard InChI is InChI=1S/C16H14N6O/c1-10-6-7-13-14(8-10)22-16(19-20-21-22)15(18-13)17-11-4-3-5-12(9-11)23-2/h3-9H,1-2H3,(H,17,18). The molecule has 0 radical (unpaired) electrons. The first-order chi connectivity index (χ1) is 11.2. The fourth-order valence-corrected chi connectivity index (χ4v) is 2.49. The van der Waals surface area contributed by atoms with Gasteiger partial charge in [-0.2, -0.15) is 4.52 Å². The molecule has 0 amide bonds. The molecule has 0 aliphatic heterocycles. The minimum Gasteiger partial charge on any atom is -0.497 e. The van der Waals surface area contributed by atoms with Gasteiger partial charge in [-0.3, -0.25) is 0 Å². The predicted molar refractivity (Wildman–Crippen MR) is 87.1 cm³/mol. The van der Waals surface area contributed by atoms with E-state index in [9.17, 15) is 0 Å². The van der Waals surface area contributed by atoms with Crippen LogP contribution in [0.1, 0.15) is 5.56 Å². The largest absolute Gasteiger partial charge is 0.497 e. The molecule has 114 valence electrons. The summed E-state index contributed by atoms with van der Waals surface area (Å²) in [4.78, 5) is 4.65. The summed E-state index contributed by atoms with van der Waals surface area (Å²) in [5, 5.41) is 15.2. The maximum absolute atomic E-state index is 5.24. The van der Waals surface area contributed by atoms with Crippen LogP contribution in [0.25, 0.3) is 16.7 Å². The Hall–Kier alpha value is -3.22. The molecule has 0 unspecified atom stereocenters. The van der Waals surface area contributed by atoms with E-state index in [0.717, 1.165) is 28.0 Å². The lowest BCUT2D eigenvalue weighted by atomic mass is 10.2. The lowest BCUT2D eigenvalue weighted by Gasteiger charge is -2.09. The molecule has 0 fully saturated rings. The molecule has 0 spiro atoms. The Morgan fingerprint density at radius 3 is 2.91 bits per heavy atom. The number of aromatic nitrogens is 5. The third-order valence-corrected chi connectivity index (χ3v) is 3.61. The summed E-state index contributed by atoms with van der Waals surface area (Å²) >= 11 is 0. The van der Waals surface area contributed by atoms with Crippen molar-refractivity contribution in [3.05, 3.63) is 48.0 Å². The summed E-state index contributed by atoms with van der Waals surface area (Å²) in [6.07, 6.45) is 0. The fourth-order valence-electron chi connectivity index (χ4n) is 2.49. The lowest BCUT2D eigenvalue weighted by molar-refractivity contribution is 0.415. The summed E-state index contributed by atoms with van der Waals surface area (Å²) in [5.41, 5.74) is 4.26. The highest BCUT2D eigenvalue weighted by molar-refractivity contribution is 5.84. The zero-order valence-corrected chi connectivity index (χ0v) is 12.7. The molecule has 7 heteroatoms. The van der Waals surface area contributed by atoms with Gasteiger partial charge in [-0.05, 0) is 47.2 Å². The zero-order chi connectivity index (χ0) is 15.8. The van der Waals surface area contributed by atoms with Gasteiger partial charge in [-0.15, -0.1) is 5.10 Å². The minimum atomic E-state index is 0.575. The van der Waals surface area contributed by atoms with Gasteiger partial charge >= 0.3 is 0 Å². The van der Waals surface area contributed by atoms with Crippen molar-refractivity contribution in [3.8, 4) is 5.75 Å². The Bertz CT molecular complexity index is 1010. The molecule has 2 aromatic heterocycles. The summed E-state index contributed by atoms with van der Waals surface area (Å²) in [5.74, 6) is 1.36. The molecular weight excluding hydrogens is 292 g/mol. The number of benzene rings is 2. The number of fused-ring (bicyclic) bond motifs is 3. The third kappa shape index (κ3) is 2.32. The molecular formula is C16H14N6O. The van der Waals surface area contributed by atoms with Crippen LogP contribution in [0, 0.1) is 6.92 Å². The molecule has 0 bridgehead atoms. The molecule has 0 saturated carbocycles. The van der Waals surface area contributed by atoms with Crippen LogP contribution in [0.4, 0.5) is 11.5 Å². The van der Waals surface area contributed by atoms with Crippen LogP contribution >= 0.6 is 0 Å². The summed E-state index contributed by atoms with van der Waals surface area (Å²) in [6.45, 7) is 2.03. The van der Waals surface area contributed by atoms with Crippen molar-refractivity contribution in [3.63, 3.8) is 0 Å². The van der Waals surface area contributed by atoms with E-state index >= 15 is 0 Å². The van der Waals surface area contributed by atoms with E-state index in [1.54, 1.807) is 11.6 Å². The first-order valence-corrected chi connectivity index (χ1v) is 7.14. The smallest absolute Gasteiger partial charge is 0.222 e. The van der Waals surface area contributed by atoms with Crippen molar-refractivity contribution < 1.29 is 4.74 Å². The van der Waals surface area contributed by atoms with Crippen LogP contribution in [-0.4, -0.2) is 32.1 Å². The minimum absolute atomic E-state index is 0.575. The van der Waals surface area contributed by atoms with Gasteiger partial charge in [0.2, 0.25) is 5.65 Å². The van der Waals surface area contributed by atoms with Crippen molar-refractivity contribution >= 4 is 28.2 Å². The predicted octanol–water partition coefficient (Wildman–Crippen LogP) is 2.73. The second kappa shape index (κ2) is 5.20. The molecule has 7 nitrogen and oxygen atoms in total. The second-order valence-corrected chi connectivity index (χ2v) is 5.22. The number of nitrogens with one attached hydrogen (secondary N) is 1. The van der Waals surface area contributed by atoms with Gasteiger partial charge in [0, 0.05) is 11.8 Å². The first-order valence-electron chi connectivity index (χ1n) is 7.14. The van der Waals surface area contributed by atoms with Crippen LogP contribution in [0.2, 0.25) is 0 Å². The highest BCUT2D eigenvalue weighted by atomic mass is 16.5. The number of aryl methyl sites for hydroxylation is 1. The van der Waals surface area contributed by atoms with Crippen LogP contribution in [0.3, 0.4) is 0 Å². The Kier molecular flexibility index (Phi) is 3.04. The van der Waals surface area contributed by atoms with E-state index in [-0.39, 0.29) is 0 Å². The number of methoxy groups -OCH3 is 1. The molecule has 0 saturated heterocycles. The molecule has 4 aromatic rings. The number of nitrogens with zero attached hydrogens (tertiary/aromatic N) is 5. The summed E-state index contributed by atoms with van der Waals surface area (Å²) in [7, 11) is 1.64. The van der Waals surface area contributed by atoms with Gasteiger partial charge in [-0.1, -0.05) is 12.1 Å². The average molecular weight is 306 g/mol. The Balaban J connectivity index is 1.88. The van der Waals surface area contributed by atoms with Crippen molar-refractivity contribution in [2.45, 2.75) is 6.92 Å². The van der Waals surface area contributed by atoms with Gasteiger partial charge in [0.15, 0.2) is 5.82 Å². The maximum atomic E-state index is 5.24. The van der Waals surface area contributed by atoms with Gasteiger partial charge in [0.25, 0.3) is 0 Å².